The first-order valence-electron chi connectivity index (χ1n) is 10.5. The topological polar surface area (TPSA) is 114 Å². The fourth-order valence-electron chi connectivity index (χ4n) is 3.23. The first-order valence-corrected chi connectivity index (χ1v) is 12.3. The van der Waals surface area contributed by atoms with Gasteiger partial charge in [-0.15, -0.1) is 23.1 Å². The molecular formula is C25H20N4O4S2. The maximum absolute atomic E-state index is 13.2. The minimum absolute atomic E-state index is 0.158. The Morgan fingerprint density at radius 3 is 2.49 bits per heavy atom. The van der Waals surface area contributed by atoms with E-state index < -0.39 is 16.1 Å². The molecule has 0 saturated heterocycles. The van der Waals surface area contributed by atoms with E-state index in [1.54, 1.807) is 18.2 Å². The summed E-state index contributed by atoms with van der Waals surface area (Å²) in [7, 11) is 0. The van der Waals surface area contributed by atoms with E-state index in [-0.39, 0.29) is 17.2 Å². The van der Waals surface area contributed by atoms with E-state index in [1.165, 1.54) is 47.4 Å². The molecule has 3 aromatic carbocycles. The predicted octanol–water partition coefficient (Wildman–Crippen LogP) is 6.08. The number of thiazole rings is 1. The van der Waals surface area contributed by atoms with E-state index in [0.29, 0.717) is 10.8 Å². The van der Waals surface area contributed by atoms with Gasteiger partial charge < -0.3 is 10.6 Å². The standard InChI is InChI=1S/C25H20N4O4S2/c1-16-15-34-25(26-16)28-24(31)22(17-7-3-2-4-8-17)35-21-12-6-10-19(14-21)27-23(30)18-9-5-11-20(13-18)29(32)33/h2-15,22H,1H3,(H,27,30)(H,26,28,31). The van der Waals surface area contributed by atoms with Crippen LogP contribution in [0.15, 0.2) is 89.1 Å². The maximum atomic E-state index is 13.2. The average Bonchev–Trinajstić information content (AvgIpc) is 3.27. The van der Waals surface area contributed by atoms with Gasteiger partial charge in [0, 0.05) is 33.7 Å². The van der Waals surface area contributed by atoms with Crippen molar-refractivity contribution in [3.05, 3.63) is 111 Å². The third-order valence-corrected chi connectivity index (χ3v) is 6.98. The molecule has 35 heavy (non-hydrogen) atoms. The third-order valence-electron chi connectivity index (χ3n) is 4.85. The summed E-state index contributed by atoms with van der Waals surface area (Å²) in [5, 5.41) is 18.5. The largest absolute Gasteiger partial charge is 0.322 e. The SMILES string of the molecule is Cc1csc(NC(=O)C(Sc2cccc(NC(=O)c3cccc([N+](=O)[O-])c3)c2)c2ccccc2)n1. The van der Waals surface area contributed by atoms with Crippen molar-refractivity contribution >= 4 is 51.4 Å². The van der Waals surface area contributed by atoms with E-state index in [0.717, 1.165) is 16.2 Å². The van der Waals surface area contributed by atoms with Crippen LogP contribution in [0.3, 0.4) is 0 Å². The van der Waals surface area contributed by atoms with Gasteiger partial charge in [-0.25, -0.2) is 4.98 Å². The highest BCUT2D eigenvalue weighted by atomic mass is 32.2. The lowest BCUT2D eigenvalue weighted by molar-refractivity contribution is -0.384. The van der Waals surface area contributed by atoms with Gasteiger partial charge in [0.05, 0.1) is 10.6 Å². The minimum Gasteiger partial charge on any atom is -0.322 e. The molecule has 1 atom stereocenters. The fourth-order valence-corrected chi connectivity index (χ4v) is 5.00. The summed E-state index contributed by atoms with van der Waals surface area (Å²) in [5.41, 5.74) is 2.19. The number of nitrogens with zero attached hydrogens (tertiary/aromatic N) is 2. The number of rotatable bonds is 8. The Morgan fingerprint density at radius 2 is 1.77 bits per heavy atom. The number of thioether (sulfide) groups is 1. The van der Waals surface area contributed by atoms with E-state index >= 15 is 0 Å². The van der Waals surface area contributed by atoms with Gasteiger partial charge in [0.2, 0.25) is 5.91 Å². The quantitative estimate of drug-likeness (QED) is 0.171. The summed E-state index contributed by atoms with van der Waals surface area (Å²) in [5.74, 6) is -0.672. The van der Waals surface area contributed by atoms with Crippen molar-refractivity contribution in [2.24, 2.45) is 0 Å². The number of non-ortho nitro benzene ring substituents is 1. The molecular weight excluding hydrogens is 484 g/mol. The van der Waals surface area contributed by atoms with Crippen molar-refractivity contribution < 1.29 is 14.5 Å². The van der Waals surface area contributed by atoms with Crippen molar-refractivity contribution in [3.8, 4) is 0 Å². The Kier molecular flexibility index (Phi) is 7.54. The first kappa shape index (κ1) is 24.1. The molecule has 0 aliphatic carbocycles. The Hall–Kier alpha value is -4.02. The molecule has 2 amide bonds. The summed E-state index contributed by atoms with van der Waals surface area (Å²) in [6.07, 6.45) is 0. The summed E-state index contributed by atoms with van der Waals surface area (Å²) in [4.78, 5) is 41.4. The monoisotopic (exact) mass is 504 g/mol. The van der Waals surface area contributed by atoms with Crippen molar-refractivity contribution in [1.29, 1.82) is 0 Å². The molecule has 8 nitrogen and oxygen atoms in total. The number of nitro benzene ring substituents is 1. The number of carbonyl (C=O) groups excluding carboxylic acids is 2. The van der Waals surface area contributed by atoms with Gasteiger partial charge in [-0.3, -0.25) is 19.7 Å². The first-order chi connectivity index (χ1) is 16.9. The van der Waals surface area contributed by atoms with E-state index in [9.17, 15) is 19.7 Å². The smallest absolute Gasteiger partial charge is 0.270 e. The number of hydrogen-bond acceptors (Lipinski definition) is 7. The van der Waals surface area contributed by atoms with Crippen LogP contribution in [0.2, 0.25) is 0 Å². The molecule has 10 heteroatoms. The summed E-state index contributed by atoms with van der Waals surface area (Å²) in [6.45, 7) is 1.86. The van der Waals surface area contributed by atoms with Gasteiger partial charge in [0.1, 0.15) is 5.25 Å². The van der Waals surface area contributed by atoms with Crippen LogP contribution in [0.5, 0.6) is 0 Å². The number of aromatic nitrogens is 1. The summed E-state index contributed by atoms with van der Waals surface area (Å²) < 4.78 is 0. The molecule has 2 N–H and O–H groups in total. The lowest BCUT2D eigenvalue weighted by Crippen LogP contribution is -2.19. The van der Waals surface area contributed by atoms with E-state index in [4.69, 9.17) is 0 Å². The minimum atomic E-state index is -0.553. The second-order valence-electron chi connectivity index (χ2n) is 7.48. The molecule has 4 rings (SSSR count). The Balaban J connectivity index is 1.53. The highest BCUT2D eigenvalue weighted by Crippen LogP contribution is 2.37. The molecule has 0 fully saturated rings. The number of aryl methyl sites for hydroxylation is 1. The number of hydrogen-bond donors (Lipinski definition) is 2. The summed E-state index contributed by atoms with van der Waals surface area (Å²) in [6, 6.07) is 22.0. The van der Waals surface area contributed by atoms with Crippen LogP contribution in [-0.4, -0.2) is 21.7 Å². The second-order valence-corrected chi connectivity index (χ2v) is 9.52. The second kappa shape index (κ2) is 10.9. The van der Waals surface area contributed by atoms with Crippen LogP contribution >= 0.6 is 23.1 Å². The zero-order chi connectivity index (χ0) is 24.8. The number of nitro groups is 1. The fraction of sp³-hybridized carbons (Fsp3) is 0.0800. The lowest BCUT2D eigenvalue weighted by atomic mass is 10.1. The van der Waals surface area contributed by atoms with Crippen molar-refractivity contribution in [2.75, 3.05) is 10.6 Å². The maximum Gasteiger partial charge on any atom is 0.270 e. The van der Waals surface area contributed by atoms with Gasteiger partial charge in [-0.1, -0.05) is 42.5 Å². The van der Waals surface area contributed by atoms with Crippen LogP contribution in [0.1, 0.15) is 26.9 Å². The number of anilines is 2. The normalized spacial score (nSPS) is 11.5. The van der Waals surface area contributed by atoms with Crippen LogP contribution in [0.25, 0.3) is 0 Å². The van der Waals surface area contributed by atoms with Gasteiger partial charge in [0.15, 0.2) is 5.13 Å². The molecule has 1 heterocycles. The molecule has 0 bridgehead atoms. The molecule has 176 valence electrons. The zero-order valence-corrected chi connectivity index (χ0v) is 20.1. The molecule has 0 saturated carbocycles. The molecule has 0 aliphatic heterocycles. The molecule has 1 unspecified atom stereocenters. The van der Waals surface area contributed by atoms with Crippen LogP contribution < -0.4 is 10.6 Å². The summed E-state index contributed by atoms with van der Waals surface area (Å²) >= 11 is 2.71. The van der Waals surface area contributed by atoms with Crippen molar-refractivity contribution in [1.82, 2.24) is 4.98 Å². The van der Waals surface area contributed by atoms with Gasteiger partial charge in [-0.2, -0.15) is 0 Å². The zero-order valence-electron chi connectivity index (χ0n) is 18.5. The highest BCUT2D eigenvalue weighted by molar-refractivity contribution is 8.00. The highest BCUT2D eigenvalue weighted by Gasteiger charge is 2.23. The Labute approximate surface area is 209 Å². The lowest BCUT2D eigenvalue weighted by Gasteiger charge is -2.17. The van der Waals surface area contributed by atoms with Crippen LogP contribution in [-0.2, 0) is 4.79 Å². The third kappa shape index (κ3) is 6.31. The van der Waals surface area contributed by atoms with Crippen molar-refractivity contribution in [2.45, 2.75) is 17.1 Å². The number of carbonyl (C=O) groups is 2. The molecule has 4 aromatic rings. The Morgan fingerprint density at radius 1 is 1.00 bits per heavy atom. The predicted molar refractivity (Wildman–Crippen MR) is 138 cm³/mol. The van der Waals surface area contributed by atoms with Gasteiger partial charge in [0.25, 0.3) is 11.6 Å². The van der Waals surface area contributed by atoms with Crippen LogP contribution in [0, 0.1) is 17.0 Å². The van der Waals surface area contributed by atoms with Gasteiger partial charge >= 0.3 is 0 Å². The number of benzene rings is 3. The average molecular weight is 505 g/mol. The Bertz CT molecular complexity index is 1370. The number of amides is 2. The van der Waals surface area contributed by atoms with E-state index in [1.807, 2.05) is 48.7 Å². The van der Waals surface area contributed by atoms with Crippen molar-refractivity contribution in [3.63, 3.8) is 0 Å². The van der Waals surface area contributed by atoms with Gasteiger partial charge in [-0.05, 0) is 36.8 Å². The molecule has 0 spiro atoms. The molecule has 1 aromatic heterocycles. The molecule has 0 radical (unpaired) electrons. The molecule has 0 aliphatic rings. The van der Waals surface area contributed by atoms with Crippen LogP contribution in [0.4, 0.5) is 16.5 Å². The number of nitrogens with one attached hydrogen (secondary N) is 2. The van der Waals surface area contributed by atoms with E-state index in [2.05, 4.69) is 15.6 Å².